The molecule has 0 unspecified atom stereocenters. The van der Waals surface area contributed by atoms with E-state index in [1.54, 1.807) is 6.07 Å². The van der Waals surface area contributed by atoms with Crippen LogP contribution in [0.5, 0.6) is 0 Å². The molecule has 0 bridgehead atoms. The van der Waals surface area contributed by atoms with Gasteiger partial charge in [-0.05, 0) is 6.07 Å². The van der Waals surface area contributed by atoms with Gasteiger partial charge in [0, 0.05) is 11.6 Å². The lowest BCUT2D eigenvalue weighted by Crippen LogP contribution is -1.90. The Labute approximate surface area is 56.7 Å². The average molecular weight is 133 g/mol. The fourth-order valence-electron chi connectivity index (χ4n) is 1.39. The van der Waals surface area contributed by atoms with Crippen LogP contribution in [-0.2, 0) is 0 Å². The summed E-state index contributed by atoms with van der Waals surface area (Å²) < 4.78 is 14.7. The molecule has 3 rings (SSSR count). The van der Waals surface area contributed by atoms with Crippen LogP contribution in [-0.4, -0.2) is 4.57 Å². The summed E-state index contributed by atoms with van der Waals surface area (Å²) in [6, 6.07) is 5.17. The van der Waals surface area contributed by atoms with E-state index in [1.807, 2.05) is 16.8 Å². The molecule has 0 saturated carbocycles. The Balaban J connectivity index is 2.63. The summed E-state index contributed by atoms with van der Waals surface area (Å²) in [5.41, 5.74) is 1.92. The quantitative estimate of drug-likeness (QED) is 0.442. The van der Waals surface area contributed by atoms with E-state index < -0.39 is 0 Å². The largest absolute Gasteiger partial charge is 0.310 e. The molecule has 0 saturated heterocycles. The minimum absolute atomic E-state index is 0.116. The molecule has 10 heavy (non-hydrogen) atoms. The van der Waals surface area contributed by atoms with Crippen molar-refractivity contribution in [1.82, 2.24) is 4.57 Å². The van der Waals surface area contributed by atoms with Gasteiger partial charge in [-0.3, -0.25) is 0 Å². The predicted octanol–water partition coefficient (Wildman–Crippen LogP) is 2.08. The molecule has 2 aliphatic rings. The number of hydrogen-bond donors (Lipinski definition) is 0. The molecule has 1 nitrogen and oxygen atoms in total. The second kappa shape index (κ2) is 1.10. The molecule has 2 heteroatoms. The molecule has 0 aromatic heterocycles. The number of fused-ring (bicyclic) bond motifs is 4. The molecule has 2 aliphatic heterocycles. The van der Waals surface area contributed by atoms with Crippen molar-refractivity contribution in [3.05, 3.63) is 30.2 Å². The summed E-state index contributed by atoms with van der Waals surface area (Å²) in [5, 5.41) is 1.06. The molecule has 0 atom stereocenters. The highest BCUT2D eigenvalue weighted by molar-refractivity contribution is 6.00. The molecule has 1 aromatic rings. The van der Waals surface area contributed by atoms with Crippen LogP contribution in [0.3, 0.4) is 0 Å². The highest BCUT2D eigenvalue weighted by Gasteiger charge is 2.24. The van der Waals surface area contributed by atoms with Crippen molar-refractivity contribution in [2.24, 2.45) is 0 Å². The normalized spacial score (nSPS) is 12.5. The standard InChI is InChI=1S/C8H4FN/c9-6-3-1-2-5-7-4-10(7)8(5)6/h1-4H. The van der Waals surface area contributed by atoms with E-state index in [4.69, 9.17) is 0 Å². The SMILES string of the molecule is Fc1cccc2c3cn-3c12. The van der Waals surface area contributed by atoms with Crippen LogP contribution in [0, 0.1) is 5.82 Å². The summed E-state index contributed by atoms with van der Waals surface area (Å²) in [6.07, 6.45) is 1.94. The van der Waals surface area contributed by atoms with E-state index in [0.29, 0.717) is 0 Å². The third-order valence-electron chi connectivity index (χ3n) is 1.95. The first-order valence-corrected chi connectivity index (χ1v) is 3.18. The monoisotopic (exact) mass is 133 g/mol. The summed E-state index contributed by atoms with van der Waals surface area (Å²) in [5.74, 6) is -0.116. The summed E-state index contributed by atoms with van der Waals surface area (Å²) >= 11 is 0. The van der Waals surface area contributed by atoms with Gasteiger partial charge in [-0.1, -0.05) is 12.1 Å². The van der Waals surface area contributed by atoms with Gasteiger partial charge in [0.1, 0.15) is 5.82 Å². The first kappa shape index (κ1) is 4.50. The number of para-hydroxylation sites is 1. The maximum Gasteiger partial charge on any atom is 0.147 e. The minimum atomic E-state index is -0.116. The van der Waals surface area contributed by atoms with E-state index >= 15 is 0 Å². The minimum Gasteiger partial charge on any atom is -0.310 e. The lowest BCUT2D eigenvalue weighted by molar-refractivity contribution is 0.634. The van der Waals surface area contributed by atoms with Crippen molar-refractivity contribution in [2.75, 3.05) is 0 Å². The molecule has 0 spiro atoms. The zero-order chi connectivity index (χ0) is 6.72. The Morgan fingerprint density at radius 3 is 3.00 bits per heavy atom. The molecule has 48 valence electrons. The Morgan fingerprint density at radius 2 is 2.20 bits per heavy atom. The second-order valence-electron chi connectivity index (χ2n) is 2.52. The number of rotatable bonds is 0. The summed E-state index contributed by atoms with van der Waals surface area (Å²) in [6.45, 7) is 0. The Bertz CT molecular complexity index is 428. The molecular weight excluding hydrogens is 129 g/mol. The summed E-state index contributed by atoms with van der Waals surface area (Å²) in [7, 11) is 0. The molecule has 0 fully saturated rings. The van der Waals surface area contributed by atoms with Crippen molar-refractivity contribution in [2.45, 2.75) is 0 Å². The lowest BCUT2D eigenvalue weighted by Gasteiger charge is -2.04. The van der Waals surface area contributed by atoms with Crippen LogP contribution in [0.2, 0.25) is 0 Å². The molecule has 0 radical (unpaired) electrons. The van der Waals surface area contributed by atoms with Gasteiger partial charge in [0.25, 0.3) is 0 Å². The number of halogens is 1. The topological polar surface area (TPSA) is 4.93 Å². The first-order valence-electron chi connectivity index (χ1n) is 3.18. The molecule has 0 aliphatic carbocycles. The maximum atomic E-state index is 12.8. The van der Waals surface area contributed by atoms with Crippen molar-refractivity contribution in [1.29, 1.82) is 0 Å². The Morgan fingerprint density at radius 1 is 1.30 bits per heavy atom. The van der Waals surface area contributed by atoms with Crippen molar-refractivity contribution >= 4 is 10.9 Å². The van der Waals surface area contributed by atoms with Crippen molar-refractivity contribution in [3.8, 4) is 5.69 Å². The predicted molar refractivity (Wildman–Crippen MR) is 36.8 cm³/mol. The van der Waals surface area contributed by atoms with Crippen molar-refractivity contribution < 1.29 is 4.39 Å². The van der Waals surface area contributed by atoms with Gasteiger partial charge in [-0.2, -0.15) is 0 Å². The van der Waals surface area contributed by atoms with Gasteiger partial charge >= 0.3 is 0 Å². The number of nitrogens with zero attached hydrogens (tertiary/aromatic N) is 1. The Hall–Kier alpha value is -1.31. The van der Waals surface area contributed by atoms with Gasteiger partial charge in [-0.25, -0.2) is 4.39 Å². The zero-order valence-corrected chi connectivity index (χ0v) is 5.13. The van der Waals surface area contributed by atoms with Gasteiger partial charge in [0.15, 0.2) is 0 Å². The van der Waals surface area contributed by atoms with Gasteiger partial charge in [0.05, 0.1) is 11.2 Å². The fraction of sp³-hybridized carbons (Fsp3) is 0. The van der Waals surface area contributed by atoms with Crippen LogP contribution in [0.4, 0.5) is 4.39 Å². The molecule has 0 amide bonds. The zero-order valence-electron chi connectivity index (χ0n) is 5.13. The summed E-state index contributed by atoms with van der Waals surface area (Å²) in [4.78, 5) is 0. The number of hydrogen-bond acceptors (Lipinski definition) is 0. The van der Waals surface area contributed by atoms with E-state index in [9.17, 15) is 4.39 Å². The highest BCUT2D eigenvalue weighted by Crippen LogP contribution is 2.39. The Kier molecular flexibility index (Phi) is 0.495. The maximum absolute atomic E-state index is 12.8. The van der Waals surface area contributed by atoms with Crippen LogP contribution in [0.15, 0.2) is 24.4 Å². The second-order valence-corrected chi connectivity index (χ2v) is 2.52. The van der Waals surface area contributed by atoms with Gasteiger partial charge < -0.3 is 4.57 Å². The molecule has 2 heterocycles. The molecular formula is C8H4FN. The van der Waals surface area contributed by atoms with Gasteiger partial charge in [0.2, 0.25) is 0 Å². The van der Waals surface area contributed by atoms with E-state index in [0.717, 1.165) is 10.9 Å². The van der Waals surface area contributed by atoms with Crippen LogP contribution in [0.1, 0.15) is 0 Å². The van der Waals surface area contributed by atoms with Crippen LogP contribution < -0.4 is 0 Å². The average Bonchev–Trinajstić information content (AvgIpc) is 2.57. The smallest absolute Gasteiger partial charge is 0.147 e. The number of benzene rings is 1. The molecule has 1 aromatic carbocycles. The van der Waals surface area contributed by atoms with E-state index in [-0.39, 0.29) is 5.82 Å². The lowest BCUT2D eigenvalue weighted by atomic mass is 10.2. The molecule has 0 N–H and O–H groups in total. The third-order valence-corrected chi connectivity index (χ3v) is 1.95. The van der Waals surface area contributed by atoms with E-state index in [2.05, 4.69) is 0 Å². The third kappa shape index (κ3) is 0.304. The highest BCUT2D eigenvalue weighted by atomic mass is 19.1. The van der Waals surface area contributed by atoms with Gasteiger partial charge in [-0.15, -0.1) is 0 Å². The fourth-order valence-corrected chi connectivity index (χ4v) is 1.39. The van der Waals surface area contributed by atoms with Crippen LogP contribution >= 0.6 is 0 Å². The van der Waals surface area contributed by atoms with E-state index in [1.165, 1.54) is 11.8 Å². The first-order chi connectivity index (χ1) is 4.88. The van der Waals surface area contributed by atoms with Crippen molar-refractivity contribution in [3.63, 3.8) is 0 Å². The number of aromatic nitrogens is 1. The van der Waals surface area contributed by atoms with Crippen LogP contribution in [0.25, 0.3) is 16.6 Å².